The summed E-state index contributed by atoms with van der Waals surface area (Å²) < 4.78 is 36.2. The lowest BCUT2D eigenvalue weighted by atomic mass is 10.1. The first-order valence-corrected chi connectivity index (χ1v) is 12.5. The van der Waals surface area contributed by atoms with Gasteiger partial charge in [0.15, 0.2) is 11.5 Å². The molecule has 182 valence electrons. The third kappa shape index (κ3) is 5.83. The van der Waals surface area contributed by atoms with E-state index >= 15 is 0 Å². The molecule has 1 unspecified atom stereocenters. The molecule has 3 rings (SSSR count). The van der Waals surface area contributed by atoms with Crippen molar-refractivity contribution < 1.29 is 28.0 Å². The molecule has 0 aliphatic carbocycles. The highest BCUT2D eigenvalue weighted by molar-refractivity contribution is 7.85. The smallest absolute Gasteiger partial charge is 0.308 e. The van der Waals surface area contributed by atoms with Gasteiger partial charge in [-0.05, 0) is 61.2 Å². The Kier molecular flexibility index (Phi) is 8.80. The molecular formula is C26H29ClO6S. The van der Waals surface area contributed by atoms with Crippen LogP contribution < -0.4 is 18.9 Å². The zero-order valence-corrected chi connectivity index (χ0v) is 21.5. The molecule has 0 N–H and O–H groups in total. The molecule has 0 amide bonds. The van der Waals surface area contributed by atoms with Crippen LogP contribution in [0.5, 0.6) is 23.0 Å². The van der Waals surface area contributed by atoms with Crippen molar-refractivity contribution in [3.05, 3.63) is 47.5 Å². The van der Waals surface area contributed by atoms with E-state index in [-0.39, 0.29) is 11.5 Å². The number of halogens is 1. The van der Waals surface area contributed by atoms with Gasteiger partial charge in [0.25, 0.3) is 0 Å². The van der Waals surface area contributed by atoms with Gasteiger partial charge in [0.2, 0.25) is 11.5 Å². The third-order valence-electron chi connectivity index (χ3n) is 5.17. The summed E-state index contributed by atoms with van der Waals surface area (Å²) in [5.41, 5.74) is 0. The van der Waals surface area contributed by atoms with Gasteiger partial charge in [-0.15, -0.1) is 0 Å². The minimum atomic E-state index is -1.48. The van der Waals surface area contributed by atoms with Crippen molar-refractivity contribution in [1.82, 2.24) is 0 Å². The Hall–Kier alpha value is -2.77. The highest BCUT2D eigenvalue weighted by Crippen LogP contribution is 2.51. The van der Waals surface area contributed by atoms with E-state index in [4.69, 9.17) is 30.5 Å². The monoisotopic (exact) mass is 504 g/mol. The molecule has 6 nitrogen and oxygen atoms in total. The van der Waals surface area contributed by atoms with E-state index in [9.17, 15) is 9.00 Å². The second-order valence-electron chi connectivity index (χ2n) is 8.13. The summed E-state index contributed by atoms with van der Waals surface area (Å²) in [6, 6.07) is 12.1. The molecule has 0 aromatic heterocycles. The topological polar surface area (TPSA) is 71.1 Å². The number of ether oxygens (including phenoxy) is 4. The number of benzene rings is 3. The summed E-state index contributed by atoms with van der Waals surface area (Å²) in [6.07, 6.45) is 1.89. The van der Waals surface area contributed by atoms with E-state index in [1.807, 2.05) is 0 Å². The first-order valence-electron chi connectivity index (χ1n) is 11.0. The van der Waals surface area contributed by atoms with Gasteiger partial charge < -0.3 is 18.9 Å². The van der Waals surface area contributed by atoms with E-state index in [0.29, 0.717) is 49.6 Å². The number of esters is 1. The van der Waals surface area contributed by atoms with Gasteiger partial charge in [-0.25, -0.2) is 4.21 Å². The number of hydrogen-bond donors (Lipinski definition) is 0. The third-order valence-corrected chi connectivity index (χ3v) is 6.80. The van der Waals surface area contributed by atoms with Crippen LogP contribution in [0.1, 0.15) is 33.6 Å². The Morgan fingerprint density at radius 1 is 0.912 bits per heavy atom. The number of rotatable bonds is 10. The zero-order valence-electron chi connectivity index (χ0n) is 20.0. The molecule has 3 aromatic rings. The molecule has 0 fully saturated rings. The summed E-state index contributed by atoms with van der Waals surface area (Å²) in [4.78, 5) is 13.1. The number of fused-ring (bicyclic) bond motifs is 1. The van der Waals surface area contributed by atoms with Gasteiger partial charge in [-0.3, -0.25) is 4.79 Å². The van der Waals surface area contributed by atoms with Crippen molar-refractivity contribution in [2.75, 3.05) is 20.8 Å². The van der Waals surface area contributed by atoms with Crippen molar-refractivity contribution >= 4 is 39.1 Å². The predicted octanol–water partition coefficient (Wildman–Crippen LogP) is 6.42. The van der Waals surface area contributed by atoms with E-state index in [2.05, 4.69) is 13.8 Å². The van der Waals surface area contributed by atoms with Crippen LogP contribution in [0.4, 0.5) is 0 Å². The van der Waals surface area contributed by atoms with Crippen LogP contribution >= 0.6 is 11.6 Å². The fourth-order valence-electron chi connectivity index (χ4n) is 3.59. The molecule has 0 spiro atoms. The normalized spacial score (nSPS) is 12.0. The minimum absolute atomic E-state index is 0.186. The van der Waals surface area contributed by atoms with Gasteiger partial charge in [0, 0.05) is 32.5 Å². The number of methoxy groups -OCH3 is 2. The Bertz CT molecular complexity index is 1190. The Morgan fingerprint density at radius 2 is 1.53 bits per heavy atom. The standard InChI is InChI=1S/C26H29ClO6S/c1-16(2)7-6-14-32-23-21-13-12-20(34(29)19-10-8-18(27)9-11-19)15-22(21)24(33-17(3)28)26(31-5)25(23)30-4/h8-13,15-16H,6-7,14H2,1-5H3. The molecule has 0 saturated carbocycles. The van der Waals surface area contributed by atoms with Crippen molar-refractivity contribution in [2.45, 2.75) is 43.4 Å². The summed E-state index contributed by atoms with van der Waals surface area (Å²) in [7, 11) is 1.49. The Labute approximate surface area is 207 Å². The predicted molar refractivity (Wildman–Crippen MR) is 134 cm³/mol. The highest BCUT2D eigenvalue weighted by Gasteiger charge is 2.26. The lowest BCUT2D eigenvalue weighted by molar-refractivity contribution is -0.131. The maximum Gasteiger partial charge on any atom is 0.308 e. The lowest BCUT2D eigenvalue weighted by Crippen LogP contribution is -2.08. The molecule has 0 aliphatic rings. The van der Waals surface area contributed by atoms with Crippen molar-refractivity contribution in [1.29, 1.82) is 0 Å². The van der Waals surface area contributed by atoms with Crippen LogP contribution in [0.15, 0.2) is 52.3 Å². The molecule has 1 atom stereocenters. The van der Waals surface area contributed by atoms with Crippen molar-refractivity contribution in [3.8, 4) is 23.0 Å². The summed E-state index contributed by atoms with van der Waals surface area (Å²) in [6.45, 7) is 6.12. The van der Waals surface area contributed by atoms with Crippen molar-refractivity contribution in [3.63, 3.8) is 0 Å². The molecule has 0 aliphatic heterocycles. The van der Waals surface area contributed by atoms with E-state index in [1.165, 1.54) is 21.1 Å². The zero-order chi connectivity index (χ0) is 24.8. The van der Waals surface area contributed by atoms with Gasteiger partial charge in [-0.2, -0.15) is 0 Å². The minimum Gasteiger partial charge on any atom is -0.490 e. The van der Waals surface area contributed by atoms with Crippen LogP contribution in [-0.4, -0.2) is 31.0 Å². The fraction of sp³-hybridized carbons (Fsp3) is 0.346. The highest BCUT2D eigenvalue weighted by atomic mass is 35.5. The first-order chi connectivity index (χ1) is 16.3. The van der Waals surface area contributed by atoms with Crippen LogP contribution in [0.3, 0.4) is 0 Å². The molecule has 0 bridgehead atoms. The average Bonchev–Trinajstić information content (AvgIpc) is 2.81. The van der Waals surface area contributed by atoms with Gasteiger partial charge in [-0.1, -0.05) is 25.4 Å². The fourth-order valence-corrected chi connectivity index (χ4v) is 4.79. The quantitative estimate of drug-likeness (QED) is 0.180. The SMILES string of the molecule is COc1c(OC)c(OC(C)=O)c2cc(S(=O)c3ccc(Cl)cc3)ccc2c1OCCCC(C)C. The maximum atomic E-state index is 13.2. The van der Waals surface area contributed by atoms with Crippen molar-refractivity contribution in [2.24, 2.45) is 5.92 Å². The van der Waals surface area contributed by atoms with E-state index in [0.717, 1.165) is 12.8 Å². The molecule has 0 radical (unpaired) electrons. The van der Waals surface area contributed by atoms with Crippen LogP contribution in [0.25, 0.3) is 10.8 Å². The largest absolute Gasteiger partial charge is 0.490 e. The molecule has 0 saturated heterocycles. The average molecular weight is 505 g/mol. The number of hydrogen-bond acceptors (Lipinski definition) is 6. The maximum absolute atomic E-state index is 13.2. The van der Waals surface area contributed by atoms with Gasteiger partial charge in [0.1, 0.15) is 0 Å². The second kappa shape index (κ2) is 11.6. The Morgan fingerprint density at radius 3 is 2.12 bits per heavy atom. The van der Waals surface area contributed by atoms with Crippen LogP contribution in [-0.2, 0) is 15.6 Å². The number of carbonyl (C=O) groups excluding carboxylic acids is 1. The molecule has 0 heterocycles. The second-order valence-corrected chi connectivity index (χ2v) is 10.0. The first kappa shape index (κ1) is 25.8. The summed E-state index contributed by atoms with van der Waals surface area (Å²) in [5.74, 6) is 1.29. The van der Waals surface area contributed by atoms with E-state index < -0.39 is 16.8 Å². The molecule has 8 heteroatoms. The number of carbonyl (C=O) groups is 1. The molecular weight excluding hydrogens is 476 g/mol. The van der Waals surface area contributed by atoms with E-state index in [1.54, 1.807) is 42.5 Å². The van der Waals surface area contributed by atoms with Crippen LogP contribution in [0.2, 0.25) is 5.02 Å². The summed E-state index contributed by atoms with van der Waals surface area (Å²) in [5, 5.41) is 1.76. The lowest BCUT2D eigenvalue weighted by Gasteiger charge is -2.20. The Balaban J connectivity index is 2.17. The molecule has 34 heavy (non-hydrogen) atoms. The van der Waals surface area contributed by atoms with Gasteiger partial charge in [0.05, 0.1) is 31.6 Å². The van der Waals surface area contributed by atoms with Gasteiger partial charge >= 0.3 is 5.97 Å². The van der Waals surface area contributed by atoms with Crippen LogP contribution in [0, 0.1) is 5.92 Å². The molecule has 3 aromatic carbocycles. The summed E-state index contributed by atoms with van der Waals surface area (Å²) >= 11 is 5.97.